The van der Waals surface area contributed by atoms with E-state index in [9.17, 15) is 4.79 Å². The summed E-state index contributed by atoms with van der Waals surface area (Å²) in [5.74, 6) is -0.298. The van der Waals surface area contributed by atoms with E-state index in [0.717, 1.165) is 12.0 Å². The molecule has 0 saturated carbocycles. The largest absolute Gasteiger partial charge is 0.452 e. The summed E-state index contributed by atoms with van der Waals surface area (Å²) in [6, 6.07) is 7.21. The number of esters is 1. The Morgan fingerprint density at radius 1 is 1.39 bits per heavy atom. The van der Waals surface area contributed by atoms with Gasteiger partial charge in [-0.15, -0.1) is 0 Å². The van der Waals surface area contributed by atoms with Crippen LogP contribution in [0.15, 0.2) is 43.0 Å². The van der Waals surface area contributed by atoms with Gasteiger partial charge in [0.2, 0.25) is 0 Å². The van der Waals surface area contributed by atoms with E-state index in [1.807, 2.05) is 45.1 Å². The normalized spacial score (nSPS) is 14.2. The number of hydrogen-bond donors (Lipinski definition) is 0. The number of carbonyl (C=O) groups is 1. The van der Waals surface area contributed by atoms with E-state index in [-0.39, 0.29) is 5.97 Å². The van der Waals surface area contributed by atoms with Gasteiger partial charge in [-0.05, 0) is 44.0 Å². The van der Waals surface area contributed by atoms with E-state index < -0.39 is 5.60 Å². The van der Waals surface area contributed by atoms with Crippen LogP contribution in [0.1, 0.15) is 43.1 Å². The monoisotopic (exact) mass is 244 g/mol. The quantitative estimate of drug-likeness (QED) is 0.572. The van der Waals surface area contributed by atoms with Crippen molar-refractivity contribution in [3.05, 3.63) is 54.1 Å². The fraction of sp³-hybridized carbons (Fsp3) is 0.312. The Hall–Kier alpha value is -1.83. The summed E-state index contributed by atoms with van der Waals surface area (Å²) >= 11 is 0. The number of rotatable bonds is 5. The first kappa shape index (κ1) is 14.2. The van der Waals surface area contributed by atoms with Crippen LogP contribution in [0.25, 0.3) is 6.08 Å². The highest BCUT2D eigenvalue weighted by Crippen LogP contribution is 2.19. The lowest BCUT2D eigenvalue weighted by Crippen LogP contribution is -2.28. The molecule has 0 N–H and O–H groups in total. The average Bonchev–Trinajstić information content (AvgIpc) is 2.39. The van der Waals surface area contributed by atoms with Crippen molar-refractivity contribution in [1.29, 1.82) is 0 Å². The van der Waals surface area contributed by atoms with E-state index in [1.165, 1.54) is 0 Å². The number of carbonyl (C=O) groups excluding carboxylic acids is 1. The fourth-order valence-corrected chi connectivity index (χ4v) is 1.60. The highest BCUT2D eigenvalue weighted by atomic mass is 16.6. The highest BCUT2D eigenvalue weighted by molar-refractivity contribution is 5.90. The van der Waals surface area contributed by atoms with Crippen molar-refractivity contribution in [2.75, 3.05) is 0 Å². The lowest BCUT2D eigenvalue weighted by molar-refractivity contribution is 0.00955. The number of allylic oxidation sites excluding steroid dienone is 1. The summed E-state index contributed by atoms with van der Waals surface area (Å²) in [6.07, 6.45) is 6.29. The average molecular weight is 244 g/mol. The van der Waals surface area contributed by atoms with Crippen LogP contribution in [0.4, 0.5) is 0 Å². The Morgan fingerprint density at radius 2 is 2.00 bits per heavy atom. The first-order chi connectivity index (χ1) is 8.54. The molecule has 2 heteroatoms. The smallest absolute Gasteiger partial charge is 0.338 e. The van der Waals surface area contributed by atoms with Crippen LogP contribution in [0.3, 0.4) is 0 Å². The van der Waals surface area contributed by atoms with Crippen molar-refractivity contribution in [2.24, 2.45) is 0 Å². The number of ether oxygens (including phenoxy) is 1. The summed E-state index contributed by atoms with van der Waals surface area (Å²) in [5, 5.41) is 0. The third-order valence-corrected chi connectivity index (χ3v) is 2.93. The van der Waals surface area contributed by atoms with E-state index in [0.29, 0.717) is 5.56 Å². The SMILES string of the molecule is C=Cc1ccc(C(=O)OC(C)(/C=C/C)CC)cc1. The van der Waals surface area contributed by atoms with Crippen molar-refractivity contribution in [2.45, 2.75) is 32.8 Å². The molecule has 96 valence electrons. The Morgan fingerprint density at radius 3 is 2.44 bits per heavy atom. The lowest BCUT2D eigenvalue weighted by atomic mass is 10.0. The molecule has 0 bridgehead atoms. The Labute approximate surface area is 109 Å². The van der Waals surface area contributed by atoms with E-state index in [4.69, 9.17) is 4.74 Å². The molecule has 0 aromatic heterocycles. The van der Waals surface area contributed by atoms with Gasteiger partial charge in [-0.2, -0.15) is 0 Å². The van der Waals surface area contributed by atoms with Crippen molar-refractivity contribution < 1.29 is 9.53 Å². The minimum absolute atomic E-state index is 0.298. The third kappa shape index (κ3) is 3.59. The Bertz CT molecular complexity index is 443. The zero-order valence-electron chi connectivity index (χ0n) is 11.3. The molecular weight excluding hydrogens is 224 g/mol. The molecule has 1 rings (SSSR count). The minimum atomic E-state index is -0.539. The van der Waals surface area contributed by atoms with Gasteiger partial charge in [-0.1, -0.05) is 37.8 Å². The van der Waals surface area contributed by atoms with E-state index in [2.05, 4.69) is 6.58 Å². The topological polar surface area (TPSA) is 26.3 Å². The molecule has 1 aromatic rings. The molecule has 18 heavy (non-hydrogen) atoms. The van der Waals surface area contributed by atoms with E-state index in [1.54, 1.807) is 18.2 Å². The van der Waals surface area contributed by atoms with Gasteiger partial charge in [0.25, 0.3) is 0 Å². The van der Waals surface area contributed by atoms with Crippen LogP contribution in [0.2, 0.25) is 0 Å². The number of benzene rings is 1. The second kappa shape index (κ2) is 6.20. The maximum Gasteiger partial charge on any atom is 0.338 e. The molecule has 0 heterocycles. The van der Waals surface area contributed by atoms with Gasteiger partial charge in [-0.3, -0.25) is 0 Å². The molecule has 1 unspecified atom stereocenters. The van der Waals surface area contributed by atoms with Gasteiger partial charge >= 0.3 is 5.97 Å². The van der Waals surface area contributed by atoms with Crippen LogP contribution in [-0.4, -0.2) is 11.6 Å². The zero-order valence-corrected chi connectivity index (χ0v) is 11.3. The van der Waals surface area contributed by atoms with Crippen LogP contribution in [-0.2, 0) is 4.74 Å². The zero-order chi connectivity index (χ0) is 13.6. The molecule has 0 aliphatic heterocycles. The Balaban J connectivity index is 2.83. The molecule has 0 spiro atoms. The molecule has 0 saturated heterocycles. The molecule has 0 aliphatic rings. The molecule has 0 amide bonds. The van der Waals surface area contributed by atoms with E-state index >= 15 is 0 Å². The fourth-order valence-electron chi connectivity index (χ4n) is 1.60. The van der Waals surface area contributed by atoms with Crippen LogP contribution in [0, 0.1) is 0 Å². The van der Waals surface area contributed by atoms with Crippen molar-refractivity contribution in [3.8, 4) is 0 Å². The lowest BCUT2D eigenvalue weighted by Gasteiger charge is -2.24. The second-order valence-electron chi connectivity index (χ2n) is 4.38. The number of hydrogen-bond acceptors (Lipinski definition) is 2. The van der Waals surface area contributed by atoms with Gasteiger partial charge in [0.1, 0.15) is 5.60 Å². The van der Waals surface area contributed by atoms with Crippen LogP contribution < -0.4 is 0 Å². The van der Waals surface area contributed by atoms with Gasteiger partial charge in [0.05, 0.1) is 5.56 Å². The maximum absolute atomic E-state index is 12.0. The summed E-state index contributed by atoms with van der Waals surface area (Å²) in [7, 11) is 0. The molecule has 1 aromatic carbocycles. The first-order valence-corrected chi connectivity index (χ1v) is 6.14. The van der Waals surface area contributed by atoms with Crippen LogP contribution >= 0.6 is 0 Å². The highest BCUT2D eigenvalue weighted by Gasteiger charge is 2.23. The molecule has 2 nitrogen and oxygen atoms in total. The van der Waals surface area contributed by atoms with Gasteiger partial charge in [-0.25, -0.2) is 4.79 Å². The predicted molar refractivity (Wildman–Crippen MR) is 75.5 cm³/mol. The van der Waals surface area contributed by atoms with Crippen molar-refractivity contribution >= 4 is 12.0 Å². The molecular formula is C16H20O2. The van der Waals surface area contributed by atoms with Crippen molar-refractivity contribution in [1.82, 2.24) is 0 Å². The first-order valence-electron chi connectivity index (χ1n) is 6.14. The van der Waals surface area contributed by atoms with Gasteiger partial charge in [0, 0.05) is 0 Å². The standard InChI is InChI=1S/C16H20O2/c1-5-12-16(4,7-3)18-15(17)14-10-8-13(6-2)9-11-14/h5-6,8-12H,2,7H2,1,3-4H3/b12-5+. The summed E-state index contributed by atoms with van der Waals surface area (Å²) in [4.78, 5) is 12.0. The van der Waals surface area contributed by atoms with Gasteiger partial charge < -0.3 is 4.74 Å². The summed E-state index contributed by atoms with van der Waals surface area (Å²) in [5.41, 5.74) is 1.01. The molecule has 1 atom stereocenters. The Kier molecular flexibility index (Phi) is 4.90. The van der Waals surface area contributed by atoms with Crippen LogP contribution in [0.5, 0.6) is 0 Å². The summed E-state index contributed by atoms with van der Waals surface area (Å²) in [6.45, 7) is 9.49. The third-order valence-electron chi connectivity index (χ3n) is 2.93. The predicted octanol–water partition coefficient (Wildman–Crippen LogP) is 4.23. The molecule has 0 aliphatic carbocycles. The molecule has 0 fully saturated rings. The minimum Gasteiger partial charge on any atom is -0.452 e. The van der Waals surface area contributed by atoms with Crippen molar-refractivity contribution in [3.63, 3.8) is 0 Å². The van der Waals surface area contributed by atoms with Gasteiger partial charge in [0.15, 0.2) is 0 Å². The summed E-state index contributed by atoms with van der Waals surface area (Å²) < 4.78 is 5.54. The maximum atomic E-state index is 12.0. The second-order valence-corrected chi connectivity index (χ2v) is 4.38. The molecule has 0 radical (unpaired) electrons.